The summed E-state index contributed by atoms with van der Waals surface area (Å²) < 4.78 is 16.0. The number of nitrogens with one attached hydrogen (secondary N) is 1. The van der Waals surface area contributed by atoms with Crippen LogP contribution in [-0.4, -0.2) is 9.78 Å². The van der Waals surface area contributed by atoms with Crippen molar-refractivity contribution in [2.45, 2.75) is 20.0 Å². The third-order valence-corrected chi connectivity index (χ3v) is 3.86. The Morgan fingerprint density at radius 2 is 2.16 bits per heavy atom. The van der Waals surface area contributed by atoms with Gasteiger partial charge in [-0.1, -0.05) is 27.5 Å². The Kier molecular flexibility index (Phi) is 4.60. The number of aromatic nitrogens is 2. The van der Waals surface area contributed by atoms with Gasteiger partial charge < -0.3 is 5.32 Å². The molecule has 0 aliphatic heterocycles. The zero-order valence-electron chi connectivity index (χ0n) is 10.7. The highest BCUT2D eigenvalue weighted by atomic mass is 79.9. The molecule has 0 spiro atoms. The van der Waals surface area contributed by atoms with Crippen molar-refractivity contribution >= 4 is 27.5 Å². The number of hydrogen-bond donors (Lipinski definition) is 1. The van der Waals surface area contributed by atoms with Crippen LogP contribution in [0.3, 0.4) is 0 Å². The van der Waals surface area contributed by atoms with Crippen molar-refractivity contribution in [1.29, 1.82) is 0 Å². The number of benzene rings is 1. The number of halogens is 3. The summed E-state index contributed by atoms with van der Waals surface area (Å²) >= 11 is 9.46. The maximum atomic E-state index is 13.6. The van der Waals surface area contributed by atoms with Crippen LogP contribution in [0.25, 0.3) is 0 Å². The molecular formula is C13H14BrClFN3. The number of aryl methyl sites for hydroxylation is 2. The molecule has 0 aliphatic rings. The normalized spacial score (nSPS) is 11.0. The summed E-state index contributed by atoms with van der Waals surface area (Å²) in [5, 5.41) is 8.02. The van der Waals surface area contributed by atoms with Gasteiger partial charge in [-0.05, 0) is 25.1 Å². The third kappa shape index (κ3) is 3.35. The fourth-order valence-corrected chi connectivity index (χ4v) is 2.53. The third-order valence-electron chi connectivity index (χ3n) is 2.89. The van der Waals surface area contributed by atoms with Crippen LogP contribution in [0.1, 0.15) is 16.8 Å². The SMILES string of the molecule is Cc1nn(C)c(Cl)c1CNCc1cc(Br)ccc1F. The van der Waals surface area contributed by atoms with Crippen LogP contribution in [0, 0.1) is 12.7 Å². The van der Waals surface area contributed by atoms with Crippen LogP contribution >= 0.6 is 27.5 Å². The molecule has 0 bridgehead atoms. The van der Waals surface area contributed by atoms with E-state index in [1.54, 1.807) is 23.9 Å². The Labute approximate surface area is 124 Å². The quantitative estimate of drug-likeness (QED) is 0.917. The predicted molar refractivity (Wildman–Crippen MR) is 77.6 cm³/mol. The Hall–Kier alpha value is -0.910. The van der Waals surface area contributed by atoms with Gasteiger partial charge in [0.15, 0.2) is 0 Å². The molecule has 0 saturated heterocycles. The summed E-state index contributed by atoms with van der Waals surface area (Å²) in [6, 6.07) is 4.89. The van der Waals surface area contributed by atoms with E-state index in [1.807, 2.05) is 6.92 Å². The minimum absolute atomic E-state index is 0.218. The molecule has 0 aliphatic carbocycles. The van der Waals surface area contributed by atoms with Crippen molar-refractivity contribution in [3.05, 3.63) is 50.5 Å². The predicted octanol–water partition coefficient (Wildman–Crippen LogP) is 3.57. The van der Waals surface area contributed by atoms with Gasteiger partial charge in [0.25, 0.3) is 0 Å². The lowest BCUT2D eigenvalue weighted by molar-refractivity contribution is 0.587. The molecular weight excluding hydrogens is 333 g/mol. The lowest BCUT2D eigenvalue weighted by Gasteiger charge is -2.06. The first-order valence-corrected chi connectivity index (χ1v) is 6.98. The zero-order valence-corrected chi connectivity index (χ0v) is 13.0. The van der Waals surface area contributed by atoms with Gasteiger partial charge in [0.1, 0.15) is 11.0 Å². The summed E-state index contributed by atoms with van der Waals surface area (Å²) in [5.41, 5.74) is 2.45. The Balaban J connectivity index is 2.02. The molecule has 2 aromatic rings. The van der Waals surface area contributed by atoms with E-state index in [-0.39, 0.29) is 5.82 Å². The molecule has 0 unspecified atom stereocenters. The first-order chi connectivity index (χ1) is 8.99. The molecule has 3 nitrogen and oxygen atoms in total. The Morgan fingerprint density at radius 3 is 2.79 bits per heavy atom. The first kappa shape index (κ1) is 14.5. The van der Waals surface area contributed by atoms with E-state index in [4.69, 9.17) is 11.6 Å². The summed E-state index contributed by atoms with van der Waals surface area (Å²) in [5.74, 6) is -0.218. The number of hydrogen-bond acceptors (Lipinski definition) is 2. The Morgan fingerprint density at radius 1 is 1.42 bits per heavy atom. The smallest absolute Gasteiger partial charge is 0.131 e. The molecule has 0 fully saturated rings. The van der Waals surface area contributed by atoms with Gasteiger partial charge >= 0.3 is 0 Å². The van der Waals surface area contributed by atoms with Crippen LogP contribution in [-0.2, 0) is 20.1 Å². The fourth-order valence-electron chi connectivity index (χ4n) is 1.88. The molecule has 2 rings (SSSR count). The van der Waals surface area contributed by atoms with Crippen molar-refractivity contribution in [3.63, 3.8) is 0 Å². The molecule has 1 heterocycles. The van der Waals surface area contributed by atoms with Crippen LogP contribution in [0.5, 0.6) is 0 Å². The topological polar surface area (TPSA) is 29.9 Å². The van der Waals surface area contributed by atoms with Gasteiger partial charge in [-0.3, -0.25) is 4.68 Å². The van der Waals surface area contributed by atoms with Crippen molar-refractivity contribution in [3.8, 4) is 0 Å². The average molecular weight is 347 g/mol. The molecule has 1 aromatic carbocycles. The largest absolute Gasteiger partial charge is 0.308 e. The highest BCUT2D eigenvalue weighted by Gasteiger charge is 2.11. The van der Waals surface area contributed by atoms with Crippen LogP contribution < -0.4 is 5.32 Å². The molecule has 1 aromatic heterocycles. The van der Waals surface area contributed by atoms with E-state index < -0.39 is 0 Å². The molecule has 19 heavy (non-hydrogen) atoms. The maximum absolute atomic E-state index is 13.6. The van der Waals surface area contributed by atoms with Crippen LogP contribution in [0.4, 0.5) is 4.39 Å². The zero-order chi connectivity index (χ0) is 14.0. The second-order valence-corrected chi connectivity index (χ2v) is 5.59. The van der Waals surface area contributed by atoms with Crippen LogP contribution in [0.15, 0.2) is 22.7 Å². The lowest BCUT2D eigenvalue weighted by Crippen LogP contribution is -2.14. The van der Waals surface area contributed by atoms with E-state index >= 15 is 0 Å². The minimum atomic E-state index is -0.218. The lowest BCUT2D eigenvalue weighted by atomic mass is 10.2. The van der Waals surface area contributed by atoms with Gasteiger partial charge in [-0.15, -0.1) is 0 Å². The number of nitrogens with zero attached hydrogens (tertiary/aromatic N) is 2. The van der Waals surface area contributed by atoms with Crippen molar-refractivity contribution < 1.29 is 4.39 Å². The average Bonchev–Trinajstić information content (AvgIpc) is 2.60. The second kappa shape index (κ2) is 6.03. The van der Waals surface area contributed by atoms with E-state index in [9.17, 15) is 4.39 Å². The molecule has 102 valence electrons. The molecule has 1 N–H and O–H groups in total. The van der Waals surface area contributed by atoms with Gasteiger partial charge in [0, 0.05) is 35.7 Å². The Bertz CT molecular complexity index is 598. The van der Waals surface area contributed by atoms with E-state index in [0.29, 0.717) is 23.8 Å². The summed E-state index contributed by atoms with van der Waals surface area (Å²) in [7, 11) is 1.80. The number of rotatable bonds is 4. The second-order valence-electron chi connectivity index (χ2n) is 4.32. The molecule has 0 atom stereocenters. The van der Waals surface area contributed by atoms with Gasteiger partial charge in [-0.25, -0.2) is 4.39 Å². The highest BCUT2D eigenvalue weighted by molar-refractivity contribution is 9.10. The van der Waals surface area contributed by atoms with Crippen molar-refractivity contribution in [2.24, 2.45) is 7.05 Å². The van der Waals surface area contributed by atoms with E-state index in [0.717, 1.165) is 15.7 Å². The first-order valence-electron chi connectivity index (χ1n) is 5.81. The molecule has 6 heteroatoms. The van der Waals surface area contributed by atoms with E-state index in [2.05, 4.69) is 26.3 Å². The van der Waals surface area contributed by atoms with Gasteiger partial charge in [0.2, 0.25) is 0 Å². The van der Waals surface area contributed by atoms with Crippen LogP contribution in [0.2, 0.25) is 5.15 Å². The highest BCUT2D eigenvalue weighted by Crippen LogP contribution is 2.19. The summed E-state index contributed by atoms with van der Waals surface area (Å²) in [6.45, 7) is 2.91. The minimum Gasteiger partial charge on any atom is -0.308 e. The van der Waals surface area contributed by atoms with Gasteiger partial charge in [-0.2, -0.15) is 5.10 Å². The van der Waals surface area contributed by atoms with Crippen molar-refractivity contribution in [1.82, 2.24) is 15.1 Å². The maximum Gasteiger partial charge on any atom is 0.131 e. The van der Waals surface area contributed by atoms with Gasteiger partial charge in [0.05, 0.1) is 5.69 Å². The monoisotopic (exact) mass is 345 g/mol. The molecule has 0 saturated carbocycles. The summed E-state index contributed by atoms with van der Waals surface area (Å²) in [6.07, 6.45) is 0. The molecule has 0 radical (unpaired) electrons. The molecule has 0 amide bonds. The van der Waals surface area contributed by atoms with Crippen molar-refractivity contribution in [2.75, 3.05) is 0 Å². The standard InChI is InChI=1S/C13H14BrClFN3/c1-8-11(13(15)19(2)18-8)7-17-6-9-5-10(14)3-4-12(9)16/h3-5,17H,6-7H2,1-2H3. The van der Waals surface area contributed by atoms with E-state index in [1.165, 1.54) is 6.07 Å². The summed E-state index contributed by atoms with van der Waals surface area (Å²) in [4.78, 5) is 0. The fraction of sp³-hybridized carbons (Fsp3) is 0.308.